The van der Waals surface area contributed by atoms with Crippen molar-refractivity contribution < 1.29 is 19.1 Å². The van der Waals surface area contributed by atoms with E-state index in [0.29, 0.717) is 34.5 Å². The summed E-state index contributed by atoms with van der Waals surface area (Å²) in [7, 11) is 0. The molecule has 2 aromatic rings. The van der Waals surface area contributed by atoms with Gasteiger partial charge in [-0.25, -0.2) is 0 Å². The van der Waals surface area contributed by atoms with Crippen LogP contribution in [0.2, 0.25) is 5.02 Å². The van der Waals surface area contributed by atoms with Crippen molar-refractivity contribution in [2.24, 2.45) is 5.92 Å². The number of hydrogen-bond acceptors (Lipinski definition) is 5. The van der Waals surface area contributed by atoms with Crippen LogP contribution >= 0.6 is 23.4 Å². The van der Waals surface area contributed by atoms with Gasteiger partial charge in [-0.3, -0.25) is 19.3 Å². The fraction of sp³-hybridized carbons (Fsp3) is 0.227. The van der Waals surface area contributed by atoms with Crippen LogP contribution in [0.4, 0.5) is 10.5 Å². The molecule has 0 spiro atoms. The lowest BCUT2D eigenvalue weighted by Crippen LogP contribution is -2.36. The van der Waals surface area contributed by atoms with Crippen LogP contribution in [0.25, 0.3) is 6.08 Å². The molecular formula is C22H21ClN2O4S. The van der Waals surface area contributed by atoms with E-state index in [1.165, 1.54) is 0 Å². The largest absolute Gasteiger partial charge is 0.493 e. The second kappa shape index (κ2) is 9.82. The molecule has 8 heteroatoms. The summed E-state index contributed by atoms with van der Waals surface area (Å²) < 4.78 is 5.80. The Bertz CT molecular complexity index is 1010. The summed E-state index contributed by atoms with van der Waals surface area (Å²) in [6.45, 7) is 4.25. The number of carbonyl (C=O) groups excluding carboxylic acids is 3. The van der Waals surface area contributed by atoms with E-state index in [2.05, 4.69) is 5.32 Å². The zero-order valence-electron chi connectivity index (χ0n) is 16.6. The van der Waals surface area contributed by atoms with Crippen LogP contribution < -0.4 is 10.1 Å². The molecule has 1 aliphatic rings. The van der Waals surface area contributed by atoms with Gasteiger partial charge in [-0.15, -0.1) is 0 Å². The van der Waals surface area contributed by atoms with Gasteiger partial charge in [0.15, 0.2) is 0 Å². The first-order valence-corrected chi connectivity index (χ1v) is 10.6. The molecule has 3 rings (SSSR count). The van der Waals surface area contributed by atoms with Gasteiger partial charge < -0.3 is 10.1 Å². The lowest BCUT2D eigenvalue weighted by Gasteiger charge is -2.13. The maximum atomic E-state index is 12.7. The average Bonchev–Trinajstić information content (AvgIpc) is 2.94. The van der Waals surface area contributed by atoms with Gasteiger partial charge in [-0.2, -0.15) is 0 Å². The van der Waals surface area contributed by atoms with Crippen molar-refractivity contribution in [2.45, 2.75) is 13.8 Å². The third-order valence-corrected chi connectivity index (χ3v) is 5.20. The SMILES string of the molecule is CC(C)COc1ccccc1/C=C1/SC(=O)N(CC(=O)Nc2cccc(Cl)c2)C1=O. The first-order valence-electron chi connectivity index (χ1n) is 9.36. The maximum Gasteiger partial charge on any atom is 0.294 e. The van der Waals surface area contributed by atoms with Gasteiger partial charge in [0.25, 0.3) is 11.1 Å². The highest BCUT2D eigenvalue weighted by Crippen LogP contribution is 2.34. The van der Waals surface area contributed by atoms with Crippen molar-refractivity contribution in [1.29, 1.82) is 0 Å². The smallest absolute Gasteiger partial charge is 0.294 e. The number of benzene rings is 2. The molecule has 0 unspecified atom stereocenters. The molecule has 6 nitrogen and oxygen atoms in total. The number of nitrogens with zero attached hydrogens (tertiary/aromatic N) is 1. The van der Waals surface area contributed by atoms with Gasteiger partial charge in [-0.05, 0) is 48.0 Å². The summed E-state index contributed by atoms with van der Waals surface area (Å²) in [6.07, 6.45) is 1.62. The first-order chi connectivity index (χ1) is 14.3. The standard InChI is InChI=1S/C22H21ClN2O4S/c1-14(2)13-29-18-9-4-3-6-15(18)10-19-21(27)25(22(28)30-19)12-20(26)24-17-8-5-7-16(23)11-17/h3-11,14H,12-13H2,1-2H3,(H,24,26)/b19-10+. The molecule has 30 heavy (non-hydrogen) atoms. The summed E-state index contributed by atoms with van der Waals surface area (Å²) in [4.78, 5) is 38.5. The van der Waals surface area contributed by atoms with E-state index >= 15 is 0 Å². The van der Waals surface area contributed by atoms with E-state index in [0.717, 1.165) is 16.7 Å². The first kappa shape index (κ1) is 21.9. The van der Waals surface area contributed by atoms with Gasteiger partial charge in [0.2, 0.25) is 5.91 Å². The molecule has 3 amide bonds. The summed E-state index contributed by atoms with van der Waals surface area (Å²) in [5.41, 5.74) is 1.19. The molecule has 0 bridgehead atoms. The molecule has 0 saturated carbocycles. The normalized spacial score (nSPS) is 15.2. The highest BCUT2D eigenvalue weighted by atomic mass is 35.5. The van der Waals surface area contributed by atoms with Gasteiger partial charge in [0.1, 0.15) is 12.3 Å². The number of para-hydroxylation sites is 1. The quantitative estimate of drug-likeness (QED) is 0.605. The Kier molecular flexibility index (Phi) is 7.18. The zero-order chi connectivity index (χ0) is 21.7. The number of imide groups is 1. The Balaban J connectivity index is 1.71. The Morgan fingerprint density at radius 2 is 1.97 bits per heavy atom. The summed E-state index contributed by atoms with van der Waals surface area (Å²) in [5, 5.41) is 2.61. The maximum absolute atomic E-state index is 12.7. The molecule has 0 aromatic heterocycles. The van der Waals surface area contributed by atoms with Gasteiger partial charge >= 0.3 is 0 Å². The van der Waals surface area contributed by atoms with E-state index in [9.17, 15) is 14.4 Å². The van der Waals surface area contributed by atoms with Crippen molar-refractivity contribution in [2.75, 3.05) is 18.5 Å². The van der Waals surface area contributed by atoms with Crippen LogP contribution in [0.1, 0.15) is 19.4 Å². The molecule has 0 aliphatic carbocycles. The highest BCUT2D eigenvalue weighted by molar-refractivity contribution is 8.18. The number of hydrogen-bond donors (Lipinski definition) is 1. The van der Waals surface area contributed by atoms with Crippen molar-refractivity contribution >= 4 is 52.2 Å². The van der Waals surface area contributed by atoms with E-state index in [1.807, 2.05) is 38.1 Å². The summed E-state index contributed by atoms with van der Waals surface area (Å²) >= 11 is 6.70. The number of halogens is 1. The number of nitrogens with one attached hydrogen (secondary N) is 1. The summed E-state index contributed by atoms with van der Waals surface area (Å²) in [5.74, 6) is -0.00800. The second-order valence-electron chi connectivity index (χ2n) is 7.07. The van der Waals surface area contributed by atoms with Crippen LogP contribution in [0.3, 0.4) is 0 Å². The molecule has 1 aliphatic heterocycles. The molecule has 1 fully saturated rings. The molecule has 2 aromatic carbocycles. The molecule has 1 N–H and O–H groups in total. The van der Waals surface area contributed by atoms with Gasteiger partial charge in [0, 0.05) is 16.3 Å². The minimum Gasteiger partial charge on any atom is -0.493 e. The lowest BCUT2D eigenvalue weighted by atomic mass is 10.1. The Hall–Kier alpha value is -2.77. The number of anilines is 1. The number of rotatable bonds is 7. The van der Waals surface area contributed by atoms with Crippen molar-refractivity contribution in [3.05, 3.63) is 64.0 Å². The number of ether oxygens (including phenoxy) is 1. The summed E-state index contributed by atoms with van der Waals surface area (Å²) in [6, 6.07) is 13.9. The number of thioether (sulfide) groups is 1. The minimum absolute atomic E-state index is 0.246. The third kappa shape index (κ3) is 5.64. The third-order valence-electron chi connectivity index (χ3n) is 4.06. The predicted octanol–water partition coefficient (Wildman–Crippen LogP) is 5.05. The zero-order valence-corrected chi connectivity index (χ0v) is 18.1. The lowest BCUT2D eigenvalue weighted by molar-refractivity contribution is -0.127. The molecule has 0 radical (unpaired) electrons. The Morgan fingerprint density at radius 3 is 2.70 bits per heavy atom. The number of amides is 3. The van der Waals surface area contributed by atoms with Crippen molar-refractivity contribution in [1.82, 2.24) is 4.90 Å². The van der Waals surface area contributed by atoms with E-state index in [-0.39, 0.29) is 11.4 Å². The fourth-order valence-electron chi connectivity index (χ4n) is 2.68. The van der Waals surface area contributed by atoms with Crippen LogP contribution in [0, 0.1) is 5.92 Å². The van der Waals surface area contributed by atoms with Crippen molar-refractivity contribution in [3.8, 4) is 5.75 Å². The van der Waals surface area contributed by atoms with Crippen molar-refractivity contribution in [3.63, 3.8) is 0 Å². The van der Waals surface area contributed by atoms with Crippen LogP contribution in [-0.2, 0) is 9.59 Å². The fourth-order valence-corrected chi connectivity index (χ4v) is 3.70. The monoisotopic (exact) mass is 444 g/mol. The molecule has 0 atom stereocenters. The predicted molar refractivity (Wildman–Crippen MR) is 120 cm³/mol. The van der Waals surface area contributed by atoms with E-state index in [4.69, 9.17) is 16.3 Å². The van der Waals surface area contributed by atoms with E-state index in [1.54, 1.807) is 30.3 Å². The van der Waals surface area contributed by atoms with Gasteiger partial charge in [-0.1, -0.05) is 49.7 Å². The molecule has 1 heterocycles. The van der Waals surface area contributed by atoms with E-state index < -0.39 is 17.1 Å². The second-order valence-corrected chi connectivity index (χ2v) is 8.50. The van der Waals surface area contributed by atoms with Crippen LogP contribution in [0.5, 0.6) is 5.75 Å². The van der Waals surface area contributed by atoms with Gasteiger partial charge in [0.05, 0.1) is 11.5 Å². The van der Waals surface area contributed by atoms with Crippen LogP contribution in [-0.4, -0.2) is 35.1 Å². The Morgan fingerprint density at radius 1 is 1.20 bits per heavy atom. The highest BCUT2D eigenvalue weighted by Gasteiger charge is 2.36. The number of carbonyl (C=O) groups is 3. The van der Waals surface area contributed by atoms with Crippen LogP contribution in [0.15, 0.2) is 53.4 Å². The molecular weight excluding hydrogens is 424 g/mol. The minimum atomic E-state index is -0.509. The topological polar surface area (TPSA) is 75.7 Å². The average molecular weight is 445 g/mol. The Labute approximate surface area is 184 Å². The molecule has 156 valence electrons. The molecule has 1 saturated heterocycles.